The van der Waals surface area contributed by atoms with Gasteiger partial charge in [-0.2, -0.15) is 0 Å². The molecule has 0 aromatic heterocycles. The van der Waals surface area contributed by atoms with Gasteiger partial charge in [-0.1, -0.05) is 31.9 Å². The average Bonchev–Trinajstić information content (AvgIpc) is 2.29. The fourth-order valence-corrected chi connectivity index (χ4v) is 1.52. The number of amides is 1. The maximum absolute atomic E-state index is 10.9. The van der Waals surface area contributed by atoms with Gasteiger partial charge in [-0.25, -0.2) is 0 Å². The van der Waals surface area contributed by atoms with E-state index in [1.54, 1.807) is 12.1 Å². The Hall–Kier alpha value is -1.35. The lowest BCUT2D eigenvalue weighted by molar-refractivity contribution is 0.100. The second kappa shape index (κ2) is 7.01. The summed E-state index contributed by atoms with van der Waals surface area (Å²) >= 11 is 0. The van der Waals surface area contributed by atoms with E-state index in [1.807, 2.05) is 12.1 Å². The van der Waals surface area contributed by atoms with Crippen LogP contribution in [0.5, 0.6) is 0 Å². The van der Waals surface area contributed by atoms with Gasteiger partial charge in [-0.15, -0.1) is 0 Å². The molecule has 0 fully saturated rings. The zero-order valence-electron chi connectivity index (χ0n) is 9.83. The predicted molar refractivity (Wildman–Crippen MR) is 66.2 cm³/mol. The first kappa shape index (κ1) is 12.7. The highest BCUT2D eigenvalue weighted by Gasteiger charge is 1.99. The average molecular weight is 220 g/mol. The maximum atomic E-state index is 10.9. The van der Waals surface area contributed by atoms with Crippen LogP contribution >= 0.6 is 0 Å². The van der Waals surface area contributed by atoms with Crippen LogP contribution in [-0.2, 0) is 6.54 Å². The Morgan fingerprint density at radius 1 is 1.25 bits per heavy atom. The highest BCUT2D eigenvalue weighted by molar-refractivity contribution is 5.92. The van der Waals surface area contributed by atoms with Crippen LogP contribution in [0.2, 0.25) is 0 Å². The molecule has 0 aliphatic rings. The molecule has 1 rings (SSSR count). The van der Waals surface area contributed by atoms with Gasteiger partial charge in [0.1, 0.15) is 0 Å². The number of primary amides is 1. The molecule has 1 aromatic carbocycles. The molecule has 0 saturated heterocycles. The third-order valence-corrected chi connectivity index (χ3v) is 2.52. The van der Waals surface area contributed by atoms with Crippen molar-refractivity contribution in [3.8, 4) is 0 Å². The third-order valence-electron chi connectivity index (χ3n) is 2.52. The van der Waals surface area contributed by atoms with Crippen molar-refractivity contribution in [2.45, 2.75) is 32.7 Å². The summed E-state index contributed by atoms with van der Waals surface area (Å²) in [6.45, 7) is 4.09. The van der Waals surface area contributed by atoms with E-state index in [1.165, 1.54) is 24.8 Å². The number of unbranched alkanes of at least 4 members (excludes halogenated alkanes) is 2. The molecule has 3 nitrogen and oxygen atoms in total. The Morgan fingerprint density at radius 3 is 2.50 bits per heavy atom. The van der Waals surface area contributed by atoms with Gasteiger partial charge >= 0.3 is 0 Å². The smallest absolute Gasteiger partial charge is 0.248 e. The lowest BCUT2D eigenvalue weighted by Crippen LogP contribution is -2.15. The van der Waals surface area contributed by atoms with Crippen molar-refractivity contribution >= 4 is 5.91 Å². The van der Waals surface area contributed by atoms with E-state index in [0.717, 1.165) is 13.1 Å². The zero-order valence-corrected chi connectivity index (χ0v) is 9.83. The summed E-state index contributed by atoms with van der Waals surface area (Å²) in [6, 6.07) is 7.41. The molecular formula is C13H20N2O. The molecule has 0 heterocycles. The highest BCUT2D eigenvalue weighted by atomic mass is 16.1. The Balaban J connectivity index is 2.29. The molecule has 0 spiro atoms. The van der Waals surface area contributed by atoms with Crippen LogP contribution in [0.4, 0.5) is 0 Å². The first-order valence-corrected chi connectivity index (χ1v) is 5.83. The summed E-state index contributed by atoms with van der Waals surface area (Å²) < 4.78 is 0. The lowest BCUT2D eigenvalue weighted by Gasteiger charge is -2.04. The van der Waals surface area contributed by atoms with Crippen molar-refractivity contribution in [3.63, 3.8) is 0 Å². The van der Waals surface area contributed by atoms with Crippen LogP contribution in [0.3, 0.4) is 0 Å². The molecule has 0 radical (unpaired) electrons. The minimum atomic E-state index is -0.373. The molecule has 1 amide bonds. The lowest BCUT2D eigenvalue weighted by atomic mass is 10.1. The largest absolute Gasteiger partial charge is 0.366 e. The van der Waals surface area contributed by atoms with Crippen LogP contribution in [0.25, 0.3) is 0 Å². The molecule has 0 saturated carbocycles. The van der Waals surface area contributed by atoms with Crippen molar-refractivity contribution in [2.75, 3.05) is 6.54 Å². The van der Waals surface area contributed by atoms with Gasteiger partial charge in [0, 0.05) is 12.1 Å². The van der Waals surface area contributed by atoms with Gasteiger partial charge in [0.15, 0.2) is 0 Å². The Morgan fingerprint density at radius 2 is 1.94 bits per heavy atom. The van der Waals surface area contributed by atoms with E-state index in [-0.39, 0.29) is 5.91 Å². The van der Waals surface area contributed by atoms with Crippen LogP contribution in [0, 0.1) is 0 Å². The molecule has 0 unspecified atom stereocenters. The molecular weight excluding hydrogens is 200 g/mol. The summed E-state index contributed by atoms with van der Waals surface area (Å²) in [5.41, 5.74) is 6.91. The number of carbonyl (C=O) groups is 1. The fourth-order valence-electron chi connectivity index (χ4n) is 1.52. The first-order valence-electron chi connectivity index (χ1n) is 5.83. The van der Waals surface area contributed by atoms with E-state index in [4.69, 9.17) is 5.73 Å². The quantitative estimate of drug-likeness (QED) is 0.691. The van der Waals surface area contributed by atoms with Crippen LogP contribution < -0.4 is 11.1 Å². The third kappa shape index (κ3) is 4.45. The standard InChI is InChI=1S/C13H20N2O/c1-2-3-4-9-15-10-11-5-7-12(8-6-11)13(14)16/h5-8,15H,2-4,9-10H2,1H3,(H2,14,16). The normalized spacial score (nSPS) is 10.3. The number of hydrogen-bond donors (Lipinski definition) is 2. The molecule has 3 heteroatoms. The van der Waals surface area contributed by atoms with Crippen molar-refractivity contribution in [2.24, 2.45) is 5.73 Å². The molecule has 1 aromatic rings. The van der Waals surface area contributed by atoms with Gasteiger partial charge in [0.2, 0.25) is 5.91 Å². The topological polar surface area (TPSA) is 55.1 Å². The second-order valence-corrected chi connectivity index (χ2v) is 3.95. The molecule has 3 N–H and O–H groups in total. The van der Waals surface area contributed by atoms with Gasteiger partial charge in [0.05, 0.1) is 0 Å². The van der Waals surface area contributed by atoms with Crippen molar-refractivity contribution in [1.82, 2.24) is 5.32 Å². The van der Waals surface area contributed by atoms with Gasteiger partial charge in [-0.3, -0.25) is 4.79 Å². The monoisotopic (exact) mass is 220 g/mol. The molecule has 0 aliphatic carbocycles. The Labute approximate surface area is 97.0 Å². The van der Waals surface area contributed by atoms with Crippen LogP contribution in [0.1, 0.15) is 42.1 Å². The Bertz CT molecular complexity index is 319. The molecule has 16 heavy (non-hydrogen) atoms. The van der Waals surface area contributed by atoms with Gasteiger partial charge < -0.3 is 11.1 Å². The number of nitrogens with two attached hydrogens (primary N) is 1. The van der Waals surface area contributed by atoms with Crippen LogP contribution in [-0.4, -0.2) is 12.5 Å². The summed E-state index contributed by atoms with van der Waals surface area (Å²) in [6.07, 6.45) is 3.73. The number of nitrogens with one attached hydrogen (secondary N) is 1. The molecule has 0 bridgehead atoms. The van der Waals surface area contributed by atoms with E-state index in [2.05, 4.69) is 12.2 Å². The minimum absolute atomic E-state index is 0.373. The summed E-state index contributed by atoms with van der Waals surface area (Å²) in [5.74, 6) is -0.373. The van der Waals surface area contributed by atoms with E-state index < -0.39 is 0 Å². The zero-order chi connectivity index (χ0) is 11.8. The molecule has 88 valence electrons. The molecule has 0 aliphatic heterocycles. The second-order valence-electron chi connectivity index (χ2n) is 3.95. The van der Waals surface area contributed by atoms with E-state index in [0.29, 0.717) is 5.56 Å². The summed E-state index contributed by atoms with van der Waals surface area (Å²) in [4.78, 5) is 10.9. The van der Waals surface area contributed by atoms with Crippen molar-refractivity contribution < 1.29 is 4.79 Å². The summed E-state index contributed by atoms with van der Waals surface area (Å²) in [7, 11) is 0. The first-order chi connectivity index (χ1) is 7.74. The number of hydrogen-bond acceptors (Lipinski definition) is 2. The summed E-state index contributed by atoms with van der Waals surface area (Å²) in [5, 5.41) is 3.37. The maximum Gasteiger partial charge on any atom is 0.248 e. The number of carbonyl (C=O) groups excluding carboxylic acids is 1. The van der Waals surface area contributed by atoms with Crippen LogP contribution in [0.15, 0.2) is 24.3 Å². The molecule has 0 atom stereocenters. The van der Waals surface area contributed by atoms with Crippen molar-refractivity contribution in [3.05, 3.63) is 35.4 Å². The highest BCUT2D eigenvalue weighted by Crippen LogP contribution is 2.03. The Kier molecular flexibility index (Phi) is 5.57. The van der Waals surface area contributed by atoms with Crippen molar-refractivity contribution in [1.29, 1.82) is 0 Å². The SMILES string of the molecule is CCCCCNCc1ccc(C(N)=O)cc1. The van der Waals surface area contributed by atoms with Gasteiger partial charge in [0.25, 0.3) is 0 Å². The van der Waals surface area contributed by atoms with E-state index >= 15 is 0 Å². The predicted octanol–water partition coefficient (Wildman–Crippen LogP) is 2.07. The fraction of sp³-hybridized carbons (Fsp3) is 0.462. The number of rotatable bonds is 7. The minimum Gasteiger partial charge on any atom is -0.366 e. The number of benzene rings is 1. The van der Waals surface area contributed by atoms with E-state index in [9.17, 15) is 4.79 Å². The van der Waals surface area contributed by atoms with Gasteiger partial charge in [-0.05, 0) is 30.7 Å².